The molecule has 0 aliphatic carbocycles. The molecular formula is C22H23N5O2S2. The second-order valence-electron chi connectivity index (χ2n) is 7.55. The summed E-state index contributed by atoms with van der Waals surface area (Å²) in [6.45, 7) is 2.21. The smallest absolute Gasteiger partial charge is 0.225 e. The van der Waals surface area contributed by atoms with Crippen molar-refractivity contribution in [3.05, 3.63) is 52.9 Å². The number of methoxy groups -OCH3 is 1. The first-order valence-corrected chi connectivity index (χ1v) is 11.9. The van der Waals surface area contributed by atoms with Crippen LogP contribution in [0.4, 0.5) is 5.13 Å². The van der Waals surface area contributed by atoms with Crippen LogP contribution < -0.4 is 15.0 Å². The SMILES string of the molecule is COc1ccc(-c2cn3nc(N4CCC[C@H](C(=O)NCc5cccs5)C4)sc3n2)cc1. The van der Waals surface area contributed by atoms with Gasteiger partial charge in [0.2, 0.25) is 16.0 Å². The minimum Gasteiger partial charge on any atom is -0.497 e. The molecule has 7 nitrogen and oxygen atoms in total. The van der Waals surface area contributed by atoms with Gasteiger partial charge in [0.25, 0.3) is 0 Å². The Bertz CT molecular complexity index is 1140. The standard InChI is InChI=1S/C22H23N5O2S2/c1-29-17-8-6-15(7-9-17)19-14-27-21(24-19)31-22(25-27)26-10-2-4-16(13-26)20(28)23-12-18-5-3-11-30-18/h3,5-9,11,14,16H,2,4,10,12-13H2,1H3,(H,23,28)/t16-/m0/s1. The third-order valence-corrected chi connectivity index (χ3v) is 7.36. The highest BCUT2D eigenvalue weighted by molar-refractivity contribution is 7.20. The Balaban J connectivity index is 1.26. The Kier molecular flexibility index (Phi) is 5.61. The van der Waals surface area contributed by atoms with Crippen LogP contribution in [0.2, 0.25) is 0 Å². The van der Waals surface area contributed by atoms with Gasteiger partial charge in [-0.05, 0) is 48.6 Å². The molecule has 0 unspecified atom stereocenters. The lowest BCUT2D eigenvalue weighted by atomic mass is 9.97. The van der Waals surface area contributed by atoms with E-state index in [2.05, 4.69) is 10.2 Å². The van der Waals surface area contributed by atoms with Crippen molar-refractivity contribution >= 4 is 38.7 Å². The van der Waals surface area contributed by atoms with Gasteiger partial charge in [-0.1, -0.05) is 17.4 Å². The van der Waals surface area contributed by atoms with Gasteiger partial charge in [0.1, 0.15) is 5.75 Å². The normalized spacial score (nSPS) is 16.5. The summed E-state index contributed by atoms with van der Waals surface area (Å²) in [5.74, 6) is 0.935. The van der Waals surface area contributed by atoms with Crippen molar-refractivity contribution in [1.29, 1.82) is 0 Å². The summed E-state index contributed by atoms with van der Waals surface area (Å²) >= 11 is 3.23. The molecule has 31 heavy (non-hydrogen) atoms. The van der Waals surface area contributed by atoms with E-state index in [4.69, 9.17) is 14.8 Å². The molecule has 4 heterocycles. The van der Waals surface area contributed by atoms with Gasteiger partial charge in [-0.15, -0.1) is 16.4 Å². The fraction of sp³-hybridized carbons (Fsp3) is 0.318. The highest BCUT2D eigenvalue weighted by Gasteiger charge is 2.28. The van der Waals surface area contributed by atoms with Crippen molar-refractivity contribution in [1.82, 2.24) is 19.9 Å². The van der Waals surface area contributed by atoms with Gasteiger partial charge in [-0.25, -0.2) is 9.50 Å². The summed E-state index contributed by atoms with van der Waals surface area (Å²) in [4.78, 5) is 21.6. The first-order valence-electron chi connectivity index (χ1n) is 10.3. The van der Waals surface area contributed by atoms with E-state index in [-0.39, 0.29) is 11.8 Å². The largest absolute Gasteiger partial charge is 0.497 e. The zero-order chi connectivity index (χ0) is 21.2. The fourth-order valence-corrected chi connectivity index (χ4v) is 5.38. The molecule has 0 saturated carbocycles. The number of thiophene rings is 1. The van der Waals surface area contributed by atoms with Gasteiger partial charge in [0.15, 0.2) is 0 Å². The van der Waals surface area contributed by atoms with Crippen LogP contribution in [0.25, 0.3) is 16.2 Å². The number of hydrogen-bond acceptors (Lipinski definition) is 7. The van der Waals surface area contributed by atoms with E-state index in [1.807, 2.05) is 52.5 Å². The molecule has 0 bridgehead atoms. The molecule has 1 aliphatic rings. The Morgan fingerprint density at radius 3 is 2.90 bits per heavy atom. The number of carbonyl (C=O) groups is 1. The van der Waals surface area contributed by atoms with Crippen molar-refractivity contribution in [2.24, 2.45) is 5.92 Å². The third kappa shape index (κ3) is 4.28. The van der Waals surface area contributed by atoms with Crippen LogP contribution in [0, 0.1) is 5.92 Å². The number of amides is 1. The highest BCUT2D eigenvalue weighted by Crippen LogP contribution is 2.30. The topological polar surface area (TPSA) is 71.8 Å². The predicted octanol–water partition coefficient (Wildman–Crippen LogP) is 4.06. The first kappa shape index (κ1) is 20.0. The van der Waals surface area contributed by atoms with Gasteiger partial charge in [-0.2, -0.15) is 0 Å². The Morgan fingerprint density at radius 1 is 1.29 bits per heavy atom. The summed E-state index contributed by atoms with van der Waals surface area (Å²) in [5, 5.41) is 10.8. The number of hydrogen-bond donors (Lipinski definition) is 1. The Morgan fingerprint density at radius 2 is 2.16 bits per heavy atom. The Labute approximate surface area is 188 Å². The second kappa shape index (κ2) is 8.68. The van der Waals surface area contributed by atoms with Crippen molar-refractivity contribution in [2.45, 2.75) is 19.4 Å². The molecule has 4 aromatic rings. The lowest BCUT2D eigenvalue weighted by molar-refractivity contribution is -0.125. The number of nitrogens with one attached hydrogen (secondary N) is 1. The van der Waals surface area contributed by atoms with E-state index in [0.717, 1.165) is 46.5 Å². The molecule has 1 aliphatic heterocycles. The molecule has 1 amide bonds. The van der Waals surface area contributed by atoms with E-state index in [0.29, 0.717) is 13.1 Å². The summed E-state index contributed by atoms with van der Waals surface area (Å²) < 4.78 is 7.06. The van der Waals surface area contributed by atoms with Gasteiger partial charge < -0.3 is 15.0 Å². The molecule has 5 rings (SSSR count). The Hall–Kier alpha value is -2.91. The lowest BCUT2D eigenvalue weighted by Gasteiger charge is -2.31. The molecule has 1 saturated heterocycles. The minimum atomic E-state index is -0.0141. The number of imidazole rings is 1. The van der Waals surface area contributed by atoms with E-state index in [1.165, 1.54) is 4.88 Å². The summed E-state index contributed by atoms with van der Waals surface area (Å²) in [5.41, 5.74) is 1.91. The average molecular weight is 454 g/mol. The molecule has 0 spiro atoms. The summed E-state index contributed by atoms with van der Waals surface area (Å²) in [6, 6.07) is 11.9. The fourth-order valence-electron chi connectivity index (χ4n) is 3.81. The molecule has 3 aromatic heterocycles. The zero-order valence-corrected chi connectivity index (χ0v) is 18.8. The molecule has 9 heteroatoms. The van der Waals surface area contributed by atoms with Crippen LogP contribution in [0.1, 0.15) is 17.7 Å². The van der Waals surface area contributed by atoms with Crippen molar-refractivity contribution < 1.29 is 9.53 Å². The van der Waals surface area contributed by atoms with E-state index in [9.17, 15) is 4.79 Å². The van der Waals surface area contributed by atoms with Crippen LogP contribution in [0.5, 0.6) is 5.75 Å². The third-order valence-electron chi connectivity index (χ3n) is 5.50. The first-order chi connectivity index (χ1) is 15.2. The number of benzene rings is 1. The predicted molar refractivity (Wildman–Crippen MR) is 124 cm³/mol. The van der Waals surface area contributed by atoms with Gasteiger partial charge in [0.05, 0.1) is 31.5 Å². The molecule has 160 valence electrons. The lowest BCUT2D eigenvalue weighted by Crippen LogP contribution is -2.42. The summed E-state index contributed by atoms with van der Waals surface area (Å²) in [6.07, 6.45) is 3.85. The highest BCUT2D eigenvalue weighted by atomic mass is 32.1. The van der Waals surface area contributed by atoms with Crippen LogP contribution in [-0.4, -0.2) is 40.7 Å². The molecule has 0 radical (unpaired) electrons. The number of anilines is 1. The van der Waals surface area contributed by atoms with E-state index >= 15 is 0 Å². The van der Waals surface area contributed by atoms with Crippen molar-refractivity contribution in [2.75, 3.05) is 25.1 Å². The number of ether oxygens (including phenoxy) is 1. The molecule has 1 N–H and O–H groups in total. The van der Waals surface area contributed by atoms with Crippen LogP contribution in [0.15, 0.2) is 48.0 Å². The van der Waals surface area contributed by atoms with Gasteiger partial charge >= 0.3 is 0 Å². The maximum Gasteiger partial charge on any atom is 0.225 e. The van der Waals surface area contributed by atoms with Crippen LogP contribution in [0.3, 0.4) is 0 Å². The minimum absolute atomic E-state index is 0.0141. The van der Waals surface area contributed by atoms with E-state index in [1.54, 1.807) is 29.8 Å². The molecule has 1 atom stereocenters. The number of piperidine rings is 1. The number of carbonyl (C=O) groups excluding carboxylic acids is 1. The quantitative estimate of drug-likeness (QED) is 0.477. The maximum atomic E-state index is 12.7. The number of rotatable bonds is 6. The molecular weight excluding hydrogens is 430 g/mol. The number of fused-ring (bicyclic) bond motifs is 1. The molecule has 1 aromatic carbocycles. The summed E-state index contributed by atoms with van der Waals surface area (Å²) in [7, 11) is 1.66. The van der Waals surface area contributed by atoms with Crippen molar-refractivity contribution in [3.63, 3.8) is 0 Å². The number of aromatic nitrogens is 3. The maximum absolute atomic E-state index is 12.7. The van der Waals surface area contributed by atoms with Gasteiger partial charge in [-0.3, -0.25) is 4.79 Å². The van der Waals surface area contributed by atoms with Gasteiger partial charge in [0, 0.05) is 23.5 Å². The second-order valence-corrected chi connectivity index (χ2v) is 9.52. The zero-order valence-electron chi connectivity index (χ0n) is 17.2. The van der Waals surface area contributed by atoms with E-state index < -0.39 is 0 Å². The monoisotopic (exact) mass is 453 g/mol. The average Bonchev–Trinajstić information content (AvgIpc) is 3.54. The van der Waals surface area contributed by atoms with Crippen LogP contribution in [-0.2, 0) is 11.3 Å². The molecule has 1 fully saturated rings. The van der Waals surface area contributed by atoms with Crippen LogP contribution >= 0.6 is 22.7 Å². The number of nitrogens with zero attached hydrogens (tertiary/aromatic N) is 4. The van der Waals surface area contributed by atoms with Crippen molar-refractivity contribution in [3.8, 4) is 17.0 Å².